The summed E-state index contributed by atoms with van der Waals surface area (Å²) in [6, 6.07) is 47.3. The molecule has 0 amide bonds. The highest BCUT2D eigenvalue weighted by atomic mass is 15.1. The lowest BCUT2D eigenvalue weighted by Crippen LogP contribution is -1.97. The predicted octanol–water partition coefficient (Wildman–Crippen LogP) is 10.0. The summed E-state index contributed by atoms with van der Waals surface area (Å²) in [5, 5.41) is 4.56. The van der Waals surface area contributed by atoms with Gasteiger partial charge in [-0.1, -0.05) is 103 Å². The van der Waals surface area contributed by atoms with Gasteiger partial charge in [-0.05, 0) is 87.0 Å². The highest BCUT2D eigenvalue weighted by Crippen LogP contribution is 2.44. The number of imidazole rings is 1. The summed E-state index contributed by atoms with van der Waals surface area (Å²) in [5.74, 6) is 0.0556. The average Bonchev–Trinajstić information content (AvgIpc) is 3.48. The number of fused-ring (bicyclic) bond motifs is 3. The van der Waals surface area contributed by atoms with Crippen molar-refractivity contribution in [2.45, 2.75) is 6.85 Å². The number of hydrogen-bond donors (Lipinski definition) is 0. The Balaban J connectivity index is 1.36. The number of nitrogens with zero attached hydrogens (tertiary/aromatic N) is 3. The van der Waals surface area contributed by atoms with E-state index in [0.717, 1.165) is 60.7 Å². The smallest absolute Gasteiger partial charge is 0.111 e. The molecule has 6 aromatic carbocycles. The van der Waals surface area contributed by atoms with Gasteiger partial charge in [-0.15, -0.1) is 0 Å². The minimum Gasteiger partial charge on any atom is -0.297 e. The second-order valence-electron chi connectivity index (χ2n) is 10.4. The molecule has 0 saturated carbocycles. The summed E-state index contributed by atoms with van der Waals surface area (Å²) < 4.78 is 26.5. The van der Waals surface area contributed by atoms with Gasteiger partial charge in [-0.25, -0.2) is 4.98 Å². The molecule has 0 saturated heterocycles. The Morgan fingerprint density at radius 2 is 1.17 bits per heavy atom. The number of rotatable bonds is 4. The first-order valence-electron chi connectivity index (χ1n) is 15.5. The summed E-state index contributed by atoms with van der Waals surface area (Å²) in [6.07, 6.45) is 1.82. The molecule has 3 nitrogen and oxygen atoms in total. The van der Waals surface area contributed by atoms with Gasteiger partial charge in [0.1, 0.15) is 5.82 Å². The Hall–Kier alpha value is -5.54. The van der Waals surface area contributed by atoms with Gasteiger partial charge in [-0.2, -0.15) is 0 Å². The molecule has 0 aliphatic rings. The highest BCUT2D eigenvalue weighted by molar-refractivity contribution is 6.21. The predicted molar refractivity (Wildman–Crippen MR) is 175 cm³/mol. The highest BCUT2D eigenvalue weighted by Gasteiger charge is 2.17. The standard InChI is InChI=1S/C39H27N3/c1-26-41-36-18-6-7-19-37(36)42(26)30-12-10-11-29(25-30)39-33-15-4-2-13-31(33)38(32-14-3-5-16-34(32)39)28-22-20-27(21-23-28)35-17-8-9-24-40-35/h2-25H,1H3/i1D3. The van der Waals surface area contributed by atoms with Crippen molar-refractivity contribution in [3.63, 3.8) is 0 Å². The van der Waals surface area contributed by atoms with Gasteiger partial charge in [0.15, 0.2) is 0 Å². The Morgan fingerprint density at radius 1 is 0.548 bits per heavy atom. The fraction of sp³-hybridized carbons (Fsp3) is 0.0256. The quantitative estimate of drug-likeness (QED) is 0.208. The molecular formula is C39H27N3. The number of pyridine rings is 1. The van der Waals surface area contributed by atoms with Crippen LogP contribution in [0.2, 0.25) is 0 Å². The van der Waals surface area contributed by atoms with Gasteiger partial charge >= 0.3 is 0 Å². The largest absolute Gasteiger partial charge is 0.297 e. The normalized spacial score (nSPS) is 12.8. The molecule has 0 aliphatic heterocycles. The fourth-order valence-corrected chi connectivity index (χ4v) is 6.18. The van der Waals surface area contributed by atoms with Gasteiger partial charge in [0, 0.05) is 21.6 Å². The maximum atomic E-state index is 8.24. The van der Waals surface area contributed by atoms with E-state index in [0.29, 0.717) is 5.52 Å². The molecule has 0 fully saturated rings. The number of aromatic nitrogens is 3. The molecule has 198 valence electrons. The number of hydrogen-bond acceptors (Lipinski definition) is 2. The SMILES string of the molecule is [2H]C([2H])([2H])c1nc2ccccc2n1-c1cccc(-c2c3ccccc3c(-c3ccc(-c4ccccn4)cc3)c3ccccc23)c1. The van der Waals surface area contributed by atoms with E-state index in [4.69, 9.17) is 4.11 Å². The van der Waals surface area contributed by atoms with Crippen LogP contribution in [0.5, 0.6) is 0 Å². The zero-order valence-corrected chi connectivity index (χ0v) is 22.7. The molecule has 0 spiro atoms. The van der Waals surface area contributed by atoms with E-state index in [1.807, 2.05) is 60.8 Å². The van der Waals surface area contributed by atoms with Crippen molar-refractivity contribution in [1.29, 1.82) is 0 Å². The molecule has 0 unspecified atom stereocenters. The fourth-order valence-electron chi connectivity index (χ4n) is 6.18. The van der Waals surface area contributed by atoms with Crippen LogP contribution < -0.4 is 0 Å². The third-order valence-corrected chi connectivity index (χ3v) is 8.02. The average molecular weight is 541 g/mol. The summed E-state index contributed by atoms with van der Waals surface area (Å²) in [4.78, 5) is 9.05. The van der Waals surface area contributed by atoms with E-state index in [1.165, 1.54) is 5.56 Å². The second-order valence-corrected chi connectivity index (χ2v) is 10.4. The van der Waals surface area contributed by atoms with Crippen LogP contribution in [-0.4, -0.2) is 14.5 Å². The molecule has 3 heteroatoms. The summed E-state index contributed by atoms with van der Waals surface area (Å²) in [6.45, 7) is -2.37. The molecule has 2 aromatic heterocycles. The Bertz CT molecular complexity index is 2300. The summed E-state index contributed by atoms with van der Waals surface area (Å²) in [5.41, 5.74) is 8.63. The topological polar surface area (TPSA) is 30.7 Å². The lowest BCUT2D eigenvalue weighted by Gasteiger charge is -2.18. The monoisotopic (exact) mass is 540 g/mol. The van der Waals surface area contributed by atoms with Crippen LogP contribution in [0.25, 0.3) is 71.8 Å². The first-order valence-corrected chi connectivity index (χ1v) is 14.0. The molecule has 0 atom stereocenters. The van der Waals surface area contributed by atoms with E-state index in [-0.39, 0.29) is 5.82 Å². The number of benzene rings is 6. The lowest BCUT2D eigenvalue weighted by atomic mass is 9.85. The molecule has 0 N–H and O–H groups in total. The molecule has 0 aliphatic carbocycles. The van der Waals surface area contributed by atoms with Crippen LogP contribution >= 0.6 is 0 Å². The minimum atomic E-state index is -2.37. The molecular weight excluding hydrogens is 510 g/mol. The van der Waals surface area contributed by atoms with Crippen molar-refractivity contribution in [2.24, 2.45) is 0 Å². The maximum Gasteiger partial charge on any atom is 0.111 e. The van der Waals surface area contributed by atoms with E-state index in [9.17, 15) is 0 Å². The van der Waals surface area contributed by atoms with E-state index in [1.54, 1.807) is 4.57 Å². The second kappa shape index (κ2) is 9.83. The van der Waals surface area contributed by atoms with Crippen LogP contribution in [-0.2, 0) is 0 Å². The molecule has 0 bridgehead atoms. The van der Waals surface area contributed by atoms with Gasteiger partial charge in [0.25, 0.3) is 0 Å². The van der Waals surface area contributed by atoms with Crippen molar-refractivity contribution in [1.82, 2.24) is 14.5 Å². The van der Waals surface area contributed by atoms with Gasteiger partial charge in [0.2, 0.25) is 0 Å². The van der Waals surface area contributed by atoms with Crippen molar-refractivity contribution >= 4 is 32.6 Å². The molecule has 42 heavy (non-hydrogen) atoms. The first-order chi connectivity index (χ1) is 22.0. The Labute approximate surface area is 248 Å². The molecule has 8 rings (SSSR count). The Morgan fingerprint density at radius 3 is 1.83 bits per heavy atom. The third kappa shape index (κ3) is 3.90. The lowest BCUT2D eigenvalue weighted by molar-refractivity contribution is 1.00. The zero-order valence-electron chi connectivity index (χ0n) is 25.7. The van der Waals surface area contributed by atoms with Crippen LogP contribution in [0, 0.1) is 6.85 Å². The zero-order chi connectivity index (χ0) is 30.5. The summed E-state index contributed by atoms with van der Waals surface area (Å²) >= 11 is 0. The molecule has 2 heterocycles. The van der Waals surface area contributed by atoms with Gasteiger partial charge in [-0.3, -0.25) is 9.55 Å². The first kappa shape index (κ1) is 21.2. The van der Waals surface area contributed by atoms with E-state index in [2.05, 4.69) is 94.9 Å². The van der Waals surface area contributed by atoms with Crippen molar-refractivity contribution in [2.75, 3.05) is 0 Å². The van der Waals surface area contributed by atoms with Crippen LogP contribution in [0.4, 0.5) is 0 Å². The maximum absolute atomic E-state index is 8.24. The van der Waals surface area contributed by atoms with Gasteiger partial charge < -0.3 is 0 Å². The third-order valence-electron chi connectivity index (χ3n) is 8.02. The number of aryl methyl sites for hydroxylation is 1. The van der Waals surface area contributed by atoms with Crippen molar-refractivity contribution in [3.8, 4) is 39.2 Å². The van der Waals surface area contributed by atoms with Gasteiger partial charge in [0.05, 0.1) is 16.7 Å². The minimum absolute atomic E-state index is 0.0556. The van der Waals surface area contributed by atoms with E-state index < -0.39 is 6.85 Å². The van der Waals surface area contributed by atoms with E-state index >= 15 is 0 Å². The van der Waals surface area contributed by atoms with Crippen LogP contribution in [0.3, 0.4) is 0 Å². The molecule has 0 radical (unpaired) electrons. The molecule has 8 aromatic rings. The Kier molecular flexibility index (Phi) is 4.97. The van der Waals surface area contributed by atoms with Crippen molar-refractivity contribution in [3.05, 3.63) is 152 Å². The van der Waals surface area contributed by atoms with Crippen LogP contribution in [0.1, 0.15) is 9.94 Å². The van der Waals surface area contributed by atoms with Crippen molar-refractivity contribution < 1.29 is 4.11 Å². The number of para-hydroxylation sites is 2. The summed E-state index contributed by atoms with van der Waals surface area (Å²) in [7, 11) is 0. The van der Waals surface area contributed by atoms with Crippen LogP contribution in [0.15, 0.2) is 146 Å².